The Hall–Kier alpha value is -0.180. The summed E-state index contributed by atoms with van der Waals surface area (Å²) in [6, 6.07) is 0. The van der Waals surface area contributed by atoms with Gasteiger partial charge in [0, 0.05) is 13.1 Å². The molecule has 6 nitrogen and oxygen atoms in total. The van der Waals surface area contributed by atoms with Crippen molar-refractivity contribution in [2.45, 2.75) is 43.6 Å². The minimum Gasteiger partial charge on any atom is -0.285 e. The van der Waals surface area contributed by atoms with E-state index < -0.39 is 30.1 Å². The topological polar surface area (TPSA) is 91.8 Å². The van der Waals surface area contributed by atoms with Crippen LogP contribution in [0.3, 0.4) is 0 Å². The molecule has 102 valence electrons. The first-order valence-corrected chi connectivity index (χ1v) is 8.41. The average molecular weight is 285 g/mol. The highest BCUT2D eigenvalue weighted by atomic mass is 32.2. The molecule has 1 atom stereocenters. The van der Waals surface area contributed by atoms with E-state index in [4.69, 9.17) is 4.55 Å². The summed E-state index contributed by atoms with van der Waals surface area (Å²) in [5.41, 5.74) is 0. The van der Waals surface area contributed by atoms with Crippen LogP contribution in [-0.4, -0.2) is 48.8 Å². The molecule has 0 amide bonds. The minimum absolute atomic E-state index is 0.421. The van der Waals surface area contributed by atoms with Gasteiger partial charge in [-0.3, -0.25) is 4.55 Å². The molecule has 0 aromatic heterocycles. The molecule has 1 rings (SSSR count). The Kier molecular flexibility index (Phi) is 3.93. The molecule has 0 spiro atoms. The monoisotopic (exact) mass is 285 g/mol. The lowest BCUT2D eigenvalue weighted by Crippen LogP contribution is -2.52. The quantitative estimate of drug-likeness (QED) is 0.758. The second-order valence-corrected chi connectivity index (χ2v) is 9.13. The lowest BCUT2D eigenvalue weighted by molar-refractivity contribution is 0.419. The van der Waals surface area contributed by atoms with Crippen molar-refractivity contribution in [1.29, 1.82) is 0 Å². The van der Waals surface area contributed by atoms with Crippen LogP contribution in [-0.2, 0) is 20.1 Å². The Morgan fingerprint density at radius 2 is 1.53 bits per heavy atom. The first-order valence-electron chi connectivity index (χ1n) is 5.47. The molecule has 1 aliphatic heterocycles. The standard InChI is InChI=1S/C9H19NO5S2/c1-8(16(11,12)13)9(2,3)17(14,15)10-6-4-5-7-10/h8H,4-7H2,1-3H3,(H,11,12,13). The molecule has 1 N–H and O–H groups in total. The van der Waals surface area contributed by atoms with E-state index in [1.54, 1.807) is 0 Å². The summed E-state index contributed by atoms with van der Waals surface area (Å²) in [7, 11) is -8.11. The number of nitrogens with zero attached hydrogens (tertiary/aromatic N) is 1. The number of hydrogen-bond donors (Lipinski definition) is 1. The van der Waals surface area contributed by atoms with Crippen LogP contribution in [0.2, 0.25) is 0 Å². The largest absolute Gasteiger partial charge is 0.285 e. The van der Waals surface area contributed by atoms with Crippen LogP contribution >= 0.6 is 0 Å². The first kappa shape index (κ1) is 14.9. The summed E-state index contributed by atoms with van der Waals surface area (Å²) in [4.78, 5) is 0. The Bertz CT molecular complexity index is 474. The fourth-order valence-electron chi connectivity index (χ4n) is 1.83. The van der Waals surface area contributed by atoms with Crippen LogP contribution in [0, 0.1) is 0 Å². The fourth-order valence-corrected chi connectivity index (χ4v) is 5.10. The van der Waals surface area contributed by atoms with E-state index in [1.807, 2.05) is 0 Å². The van der Waals surface area contributed by atoms with Crippen LogP contribution in [0.25, 0.3) is 0 Å². The molecule has 0 aromatic carbocycles. The molecule has 0 bridgehead atoms. The molecule has 0 saturated carbocycles. The second kappa shape index (κ2) is 4.49. The highest BCUT2D eigenvalue weighted by Crippen LogP contribution is 2.30. The van der Waals surface area contributed by atoms with Crippen molar-refractivity contribution in [3.63, 3.8) is 0 Å². The summed E-state index contributed by atoms with van der Waals surface area (Å²) in [6.07, 6.45) is 1.57. The molecular weight excluding hydrogens is 266 g/mol. The van der Waals surface area contributed by atoms with Crippen molar-refractivity contribution in [1.82, 2.24) is 4.31 Å². The van der Waals surface area contributed by atoms with Gasteiger partial charge in [-0.05, 0) is 33.6 Å². The predicted molar refractivity (Wildman–Crippen MR) is 64.8 cm³/mol. The zero-order valence-corrected chi connectivity index (χ0v) is 11.9. The van der Waals surface area contributed by atoms with Gasteiger partial charge in [0.2, 0.25) is 10.0 Å². The van der Waals surface area contributed by atoms with E-state index in [9.17, 15) is 16.8 Å². The normalized spacial score (nSPS) is 21.6. The van der Waals surface area contributed by atoms with Gasteiger partial charge >= 0.3 is 0 Å². The van der Waals surface area contributed by atoms with Gasteiger partial charge in [-0.25, -0.2) is 12.7 Å². The molecule has 1 unspecified atom stereocenters. The maximum atomic E-state index is 12.3. The molecular formula is C9H19NO5S2. The van der Waals surface area contributed by atoms with Gasteiger partial charge in [0.05, 0.1) is 4.75 Å². The smallest absolute Gasteiger partial charge is 0.269 e. The average Bonchev–Trinajstić information content (AvgIpc) is 2.67. The molecule has 0 radical (unpaired) electrons. The molecule has 17 heavy (non-hydrogen) atoms. The third-order valence-electron chi connectivity index (χ3n) is 3.50. The van der Waals surface area contributed by atoms with Crippen molar-refractivity contribution in [2.24, 2.45) is 0 Å². The van der Waals surface area contributed by atoms with Crippen LogP contribution < -0.4 is 0 Å². The van der Waals surface area contributed by atoms with Gasteiger partial charge < -0.3 is 0 Å². The minimum atomic E-state index is -4.38. The van der Waals surface area contributed by atoms with Crippen LogP contribution in [0.5, 0.6) is 0 Å². The SMILES string of the molecule is CC(C(C)(C)S(=O)(=O)N1CCCC1)S(=O)(=O)O. The van der Waals surface area contributed by atoms with E-state index in [2.05, 4.69) is 0 Å². The van der Waals surface area contributed by atoms with Crippen molar-refractivity contribution < 1.29 is 21.4 Å². The predicted octanol–water partition coefficient (Wildman–Crippen LogP) is 0.467. The molecule has 0 aromatic rings. The Morgan fingerprint density at radius 3 is 1.88 bits per heavy atom. The maximum absolute atomic E-state index is 12.3. The maximum Gasteiger partial charge on any atom is 0.269 e. The van der Waals surface area contributed by atoms with Crippen LogP contribution in [0.4, 0.5) is 0 Å². The summed E-state index contributed by atoms with van der Waals surface area (Å²) in [5, 5.41) is -1.36. The van der Waals surface area contributed by atoms with Gasteiger partial charge in [-0.1, -0.05) is 0 Å². The summed E-state index contributed by atoms with van der Waals surface area (Å²) in [6.45, 7) is 4.72. The first-order chi connectivity index (χ1) is 7.51. The number of hydrogen-bond acceptors (Lipinski definition) is 4. The lowest BCUT2D eigenvalue weighted by atomic mass is 10.1. The van der Waals surface area contributed by atoms with Gasteiger partial charge in [0.15, 0.2) is 0 Å². The molecule has 1 aliphatic rings. The van der Waals surface area contributed by atoms with Crippen molar-refractivity contribution >= 4 is 20.1 Å². The Balaban J connectivity index is 3.12. The van der Waals surface area contributed by atoms with Crippen LogP contribution in [0.1, 0.15) is 33.6 Å². The molecule has 0 aliphatic carbocycles. The molecule has 1 fully saturated rings. The van der Waals surface area contributed by atoms with E-state index in [0.29, 0.717) is 13.1 Å². The lowest BCUT2D eigenvalue weighted by Gasteiger charge is -2.33. The van der Waals surface area contributed by atoms with Gasteiger partial charge in [-0.2, -0.15) is 8.42 Å². The van der Waals surface area contributed by atoms with Gasteiger partial charge in [0.25, 0.3) is 10.1 Å². The van der Waals surface area contributed by atoms with E-state index >= 15 is 0 Å². The molecule has 1 heterocycles. The number of sulfonamides is 1. The highest BCUT2D eigenvalue weighted by Gasteiger charge is 2.48. The van der Waals surface area contributed by atoms with Crippen LogP contribution in [0.15, 0.2) is 0 Å². The van der Waals surface area contributed by atoms with Crippen molar-refractivity contribution in [3.05, 3.63) is 0 Å². The summed E-state index contributed by atoms with van der Waals surface area (Å²) < 4.78 is 55.6. The third kappa shape index (κ3) is 2.64. The van der Waals surface area contributed by atoms with Gasteiger partial charge in [0.1, 0.15) is 5.25 Å². The Morgan fingerprint density at radius 1 is 1.12 bits per heavy atom. The second-order valence-electron chi connectivity index (χ2n) is 4.87. The fraction of sp³-hybridized carbons (Fsp3) is 1.00. The van der Waals surface area contributed by atoms with Crippen molar-refractivity contribution in [3.8, 4) is 0 Å². The van der Waals surface area contributed by atoms with E-state index in [-0.39, 0.29) is 0 Å². The third-order valence-corrected chi connectivity index (χ3v) is 7.86. The summed E-state index contributed by atoms with van der Waals surface area (Å²) in [5.74, 6) is 0. The highest BCUT2D eigenvalue weighted by molar-refractivity contribution is 7.93. The van der Waals surface area contributed by atoms with Crippen molar-refractivity contribution in [2.75, 3.05) is 13.1 Å². The number of rotatable bonds is 4. The summed E-state index contributed by atoms with van der Waals surface area (Å²) >= 11 is 0. The van der Waals surface area contributed by atoms with E-state index in [1.165, 1.54) is 25.1 Å². The van der Waals surface area contributed by atoms with Gasteiger partial charge in [-0.15, -0.1) is 0 Å². The van der Waals surface area contributed by atoms with E-state index in [0.717, 1.165) is 12.8 Å². The molecule has 8 heteroatoms. The Labute approximate surface area is 103 Å². The zero-order valence-electron chi connectivity index (χ0n) is 10.2. The molecule has 1 saturated heterocycles. The zero-order chi connectivity index (χ0) is 13.5.